The van der Waals surface area contributed by atoms with Gasteiger partial charge in [0.1, 0.15) is 18.7 Å². The summed E-state index contributed by atoms with van der Waals surface area (Å²) in [6.45, 7) is 2.60. The van der Waals surface area contributed by atoms with E-state index in [4.69, 9.17) is 19.6 Å². The van der Waals surface area contributed by atoms with Gasteiger partial charge in [-0.3, -0.25) is 0 Å². The molecule has 90 valence electrons. The lowest BCUT2D eigenvalue weighted by molar-refractivity contribution is 0.258. The van der Waals surface area contributed by atoms with E-state index >= 15 is 0 Å². The maximum Gasteiger partial charge on any atom is 0.244 e. The van der Waals surface area contributed by atoms with Crippen molar-refractivity contribution < 1.29 is 13.9 Å². The van der Waals surface area contributed by atoms with E-state index in [-0.39, 0.29) is 6.61 Å². The molecule has 2 aromatic heterocycles. The molecular weight excluding hydrogens is 222 g/mol. The fraction of sp³-hybridized carbons (Fsp3) is 0.273. The number of hydrogen-bond donors (Lipinski definition) is 1. The van der Waals surface area contributed by atoms with E-state index < -0.39 is 0 Å². The summed E-state index contributed by atoms with van der Waals surface area (Å²) in [5, 5.41) is 0. The minimum absolute atomic E-state index is 0.264. The lowest BCUT2D eigenvalue weighted by atomic mass is 10.4. The number of aromatic nitrogens is 2. The third kappa shape index (κ3) is 2.66. The molecule has 6 heteroatoms. The van der Waals surface area contributed by atoms with Crippen LogP contribution in [0.2, 0.25) is 0 Å². The van der Waals surface area contributed by atoms with Crippen LogP contribution in [0.4, 0.5) is 5.69 Å². The predicted octanol–water partition coefficient (Wildman–Crippen LogP) is 1.63. The molecule has 2 heterocycles. The molecule has 0 radical (unpaired) electrons. The van der Waals surface area contributed by atoms with Crippen molar-refractivity contribution >= 4 is 5.69 Å². The molecule has 0 saturated carbocycles. The van der Waals surface area contributed by atoms with Crippen molar-refractivity contribution in [3.63, 3.8) is 0 Å². The van der Waals surface area contributed by atoms with Crippen LogP contribution in [-0.2, 0) is 6.61 Å². The van der Waals surface area contributed by atoms with Crippen molar-refractivity contribution in [1.29, 1.82) is 0 Å². The number of ether oxygens (including phenoxy) is 2. The number of nitrogens with zero attached hydrogens (tertiary/aromatic N) is 2. The van der Waals surface area contributed by atoms with E-state index in [1.807, 2.05) is 6.92 Å². The summed E-state index contributed by atoms with van der Waals surface area (Å²) in [5.74, 6) is 1.32. The van der Waals surface area contributed by atoms with E-state index in [2.05, 4.69) is 9.97 Å². The average Bonchev–Trinajstić information content (AvgIpc) is 2.83. The maximum absolute atomic E-state index is 5.80. The molecule has 6 nitrogen and oxygen atoms in total. The first kappa shape index (κ1) is 11.3. The molecule has 17 heavy (non-hydrogen) atoms. The van der Waals surface area contributed by atoms with Gasteiger partial charge in [0.2, 0.25) is 11.8 Å². The second-order valence-corrected chi connectivity index (χ2v) is 3.20. The zero-order chi connectivity index (χ0) is 12.1. The van der Waals surface area contributed by atoms with E-state index in [0.717, 1.165) is 0 Å². The molecule has 0 fully saturated rings. The van der Waals surface area contributed by atoms with Crippen molar-refractivity contribution in [1.82, 2.24) is 9.97 Å². The van der Waals surface area contributed by atoms with Gasteiger partial charge in [-0.25, -0.2) is 0 Å². The maximum atomic E-state index is 5.80. The molecule has 0 saturated heterocycles. The van der Waals surface area contributed by atoms with Crippen LogP contribution >= 0.6 is 0 Å². The Morgan fingerprint density at radius 2 is 2.06 bits per heavy atom. The monoisotopic (exact) mass is 235 g/mol. The van der Waals surface area contributed by atoms with Crippen molar-refractivity contribution in [2.45, 2.75) is 13.5 Å². The fourth-order valence-electron chi connectivity index (χ4n) is 1.27. The Labute approximate surface area is 98.4 Å². The number of anilines is 1. The summed E-state index contributed by atoms with van der Waals surface area (Å²) in [4.78, 5) is 7.85. The topological polar surface area (TPSA) is 83.4 Å². The lowest BCUT2D eigenvalue weighted by Gasteiger charge is -2.09. The quantitative estimate of drug-likeness (QED) is 0.847. The summed E-state index contributed by atoms with van der Waals surface area (Å²) in [6.07, 6.45) is 2.92. The third-order valence-corrected chi connectivity index (χ3v) is 2.02. The van der Waals surface area contributed by atoms with Crippen LogP contribution in [0.3, 0.4) is 0 Å². The van der Waals surface area contributed by atoms with Crippen LogP contribution in [0, 0.1) is 0 Å². The van der Waals surface area contributed by atoms with Crippen LogP contribution in [0.15, 0.2) is 29.1 Å². The van der Waals surface area contributed by atoms with E-state index in [1.165, 1.54) is 6.33 Å². The zero-order valence-electron chi connectivity index (χ0n) is 9.42. The lowest BCUT2D eigenvalue weighted by Crippen LogP contribution is -2.05. The van der Waals surface area contributed by atoms with Crippen molar-refractivity contribution in [2.75, 3.05) is 12.3 Å². The summed E-state index contributed by atoms with van der Waals surface area (Å²) >= 11 is 0. The second-order valence-electron chi connectivity index (χ2n) is 3.20. The standard InChI is InChI=1S/C11H13N3O3/c1-2-15-10-9(12)11(14-7-13-10)17-6-8-4-3-5-16-8/h3-5,7H,2,6,12H2,1H3. The van der Waals surface area contributed by atoms with E-state index in [1.54, 1.807) is 18.4 Å². The average molecular weight is 235 g/mol. The Morgan fingerprint density at radius 3 is 2.71 bits per heavy atom. The van der Waals surface area contributed by atoms with Gasteiger partial charge in [0.15, 0.2) is 5.69 Å². The Morgan fingerprint density at radius 1 is 1.29 bits per heavy atom. The first-order valence-electron chi connectivity index (χ1n) is 5.19. The summed E-state index contributed by atoms with van der Waals surface area (Å²) in [5.41, 5.74) is 6.10. The first-order valence-corrected chi connectivity index (χ1v) is 5.19. The van der Waals surface area contributed by atoms with Gasteiger partial charge in [0, 0.05) is 0 Å². The second kappa shape index (κ2) is 5.20. The normalized spacial score (nSPS) is 10.2. The van der Waals surface area contributed by atoms with Gasteiger partial charge in [-0.05, 0) is 19.1 Å². The SMILES string of the molecule is CCOc1ncnc(OCc2ccco2)c1N. The number of nitrogen functional groups attached to an aromatic ring is 1. The highest BCUT2D eigenvalue weighted by Crippen LogP contribution is 2.27. The van der Waals surface area contributed by atoms with Gasteiger partial charge in [0.05, 0.1) is 12.9 Å². The molecule has 0 aliphatic heterocycles. The van der Waals surface area contributed by atoms with Gasteiger partial charge < -0.3 is 19.6 Å². The Balaban J connectivity index is 2.07. The predicted molar refractivity (Wildman–Crippen MR) is 60.7 cm³/mol. The van der Waals surface area contributed by atoms with E-state index in [0.29, 0.717) is 29.8 Å². The molecular formula is C11H13N3O3. The van der Waals surface area contributed by atoms with Gasteiger partial charge in [-0.2, -0.15) is 9.97 Å². The highest BCUT2D eigenvalue weighted by atomic mass is 16.5. The van der Waals surface area contributed by atoms with Crippen LogP contribution in [0.25, 0.3) is 0 Å². The molecule has 0 atom stereocenters. The molecule has 0 amide bonds. The Bertz CT molecular complexity index is 471. The summed E-state index contributed by atoms with van der Waals surface area (Å²) < 4.78 is 15.8. The Kier molecular flexibility index (Phi) is 3.44. The third-order valence-electron chi connectivity index (χ3n) is 2.02. The highest BCUT2D eigenvalue weighted by Gasteiger charge is 2.10. The number of furan rings is 1. The molecule has 0 aromatic carbocycles. The van der Waals surface area contributed by atoms with Crippen molar-refractivity contribution in [3.05, 3.63) is 30.5 Å². The molecule has 2 aromatic rings. The molecule has 2 rings (SSSR count). The first-order chi connectivity index (χ1) is 8.31. The van der Waals surface area contributed by atoms with Crippen molar-refractivity contribution in [3.8, 4) is 11.8 Å². The Hall–Kier alpha value is -2.24. The number of nitrogens with two attached hydrogens (primary N) is 1. The van der Waals surface area contributed by atoms with Gasteiger partial charge in [-0.15, -0.1) is 0 Å². The van der Waals surface area contributed by atoms with Crippen LogP contribution in [0.5, 0.6) is 11.8 Å². The molecule has 2 N–H and O–H groups in total. The van der Waals surface area contributed by atoms with Crippen molar-refractivity contribution in [2.24, 2.45) is 0 Å². The van der Waals surface area contributed by atoms with Crippen LogP contribution < -0.4 is 15.2 Å². The molecule has 0 aliphatic carbocycles. The van der Waals surface area contributed by atoms with Gasteiger partial charge >= 0.3 is 0 Å². The molecule has 0 aliphatic rings. The van der Waals surface area contributed by atoms with Crippen LogP contribution in [-0.4, -0.2) is 16.6 Å². The van der Waals surface area contributed by atoms with Gasteiger partial charge in [-0.1, -0.05) is 0 Å². The minimum atomic E-state index is 0.264. The molecule has 0 bridgehead atoms. The highest BCUT2D eigenvalue weighted by molar-refractivity contribution is 5.55. The molecule has 0 spiro atoms. The number of rotatable bonds is 5. The zero-order valence-corrected chi connectivity index (χ0v) is 9.42. The summed E-state index contributed by atoms with van der Waals surface area (Å²) in [7, 11) is 0. The molecule has 0 unspecified atom stereocenters. The largest absolute Gasteiger partial charge is 0.476 e. The number of hydrogen-bond acceptors (Lipinski definition) is 6. The van der Waals surface area contributed by atoms with E-state index in [9.17, 15) is 0 Å². The fourth-order valence-corrected chi connectivity index (χ4v) is 1.27. The van der Waals surface area contributed by atoms with Gasteiger partial charge in [0.25, 0.3) is 0 Å². The smallest absolute Gasteiger partial charge is 0.244 e. The minimum Gasteiger partial charge on any atom is -0.476 e. The van der Waals surface area contributed by atoms with Crippen LogP contribution in [0.1, 0.15) is 12.7 Å². The summed E-state index contributed by atoms with van der Waals surface area (Å²) in [6, 6.07) is 3.59.